The lowest BCUT2D eigenvalue weighted by molar-refractivity contribution is 0.849. The van der Waals surface area contributed by atoms with E-state index in [0.717, 1.165) is 34.2 Å². The highest BCUT2D eigenvalue weighted by Gasteiger charge is 2.13. The van der Waals surface area contributed by atoms with Gasteiger partial charge in [-0.25, -0.2) is 9.97 Å². The maximum atomic E-state index is 6.20. The van der Waals surface area contributed by atoms with Gasteiger partial charge in [0.25, 0.3) is 0 Å². The van der Waals surface area contributed by atoms with Crippen LogP contribution in [0.5, 0.6) is 0 Å². The Morgan fingerprint density at radius 1 is 1.15 bits per heavy atom. The Hall–Kier alpha value is -1.32. The van der Waals surface area contributed by atoms with Crippen molar-refractivity contribution < 1.29 is 0 Å². The van der Waals surface area contributed by atoms with E-state index in [0.29, 0.717) is 11.7 Å². The second-order valence-electron chi connectivity index (χ2n) is 4.68. The summed E-state index contributed by atoms with van der Waals surface area (Å²) in [5.74, 6) is 1.60. The van der Waals surface area contributed by atoms with Crippen LogP contribution >= 0.6 is 23.2 Å². The molecular formula is C15H17Cl2N3. The number of hydrogen-bond acceptors (Lipinski definition) is 3. The lowest BCUT2D eigenvalue weighted by Crippen LogP contribution is -2.20. The second kappa shape index (κ2) is 6.42. The molecule has 0 aliphatic carbocycles. The van der Waals surface area contributed by atoms with Crippen LogP contribution in [0.25, 0.3) is 0 Å². The van der Waals surface area contributed by atoms with E-state index in [2.05, 4.69) is 9.97 Å². The van der Waals surface area contributed by atoms with E-state index in [-0.39, 0.29) is 0 Å². The van der Waals surface area contributed by atoms with Crippen LogP contribution in [0.4, 0.5) is 5.82 Å². The molecule has 5 heteroatoms. The van der Waals surface area contributed by atoms with Crippen molar-refractivity contribution in [2.75, 3.05) is 11.9 Å². The zero-order valence-corrected chi connectivity index (χ0v) is 13.3. The fourth-order valence-electron chi connectivity index (χ4n) is 2.01. The van der Waals surface area contributed by atoms with E-state index in [1.165, 1.54) is 0 Å². The van der Waals surface area contributed by atoms with Crippen molar-refractivity contribution >= 4 is 29.0 Å². The van der Waals surface area contributed by atoms with Crippen LogP contribution in [0.15, 0.2) is 24.3 Å². The molecule has 0 spiro atoms. The van der Waals surface area contributed by atoms with Crippen LogP contribution in [0.3, 0.4) is 0 Å². The zero-order valence-electron chi connectivity index (χ0n) is 11.8. The van der Waals surface area contributed by atoms with Gasteiger partial charge >= 0.3 is 0 Å². The monoisotopic (exact) mass is 309 g/mol. The van der Waals surface area contributed by atoms with Crippen LogP contribution in [-0.4, -0.2) is 17.0 Å². The molecular weight excluding hydrogens is 293 g/mol. The first-order chi connectivity index (χ1) is 9.52. The largest absolute Gasteiger partial charge is 0.355 e. The van der Waals surface area contributed by atoms with Crippen LogP contribution in [0, 0.1) is 6.92 Å². The summed E-state index contributed by atoms with van der Waals surface area (Å²) in [6.45, 7) is 4.62. The van der Waals surface area contributed by atoms with E-state index in [9.17, 15) is 0 Å². The molecule has 106 valence electrons. The topological polar surface area (TPSA) is 29.0 Å². The molecule has 2 rings (SSSR count). The van der Waals surface area contributed by atoms with Gasteiger partial charge in [0.15, 0.2) is 0 Å². The highest BCUT2D eigenvalue weighted by molar-refractivity contribution is 6.31. The molecule has 0 atom stereocenters. The molecule has 20 heavy (non-hydrogen) atoms. The first-order valence-electron chi connectivity index (χ1n) is 6.50. The van der Waals surface area contributed by atoms with Crippen molar-refractivity contribution in [3.8, 4) is 0 Å². The average Bonchev–Trinajstić information content (AvgIpc) is 2.44. The first kappa shape index (κ1) is 15.1. The lowest BCUT2D eigenvalue weighted by Gasteiger charge is -2.21. The summed E-state index contributed by atoms with van der Waals surface area (Å²) in [7, 11) is 1.98. The van der Waals surface area contributed by atoms with E-state index >= 15 is 0 Å². The smallest absolute Gasteiger partial charge is 0.137 e. The van der Waals surface area contributed by atoms with Gasteiger partial charge in [-0.3, -0.25) is 0 Å². The third-order valence-corrected chi connectivity index (χ3v) is 3.89. The highest BCUT2D eigenvalue weighted by Crippen LogP contribution is 2.25. The highest BCUT2D eigenvalue weighted by atomic mass is 35.5. The van der Waals surface area contributed by atoms with Crippen LogP contribution in [0.2, 0.25) is 10.2 Å². The van der Waals surface area contributed by atoms with E-state index in [4.69, 9.17) is 23.2 Å². The van der Waals surface area contributed by atoms with E-state index in [1.807, 2.05) is 50.1 Å². The van der Waals surface area contributed by atoms with Crippen LogP contribution < -0.4 is 4.90 Å². The molecule has 0 unspecified atom stereocenters. The van der Waals surface area contributed by atoms with Gasteiger partial charge in [0.05, 0.1) is 0 Å². The molecule has 3 nitrogen and oxygen atoms in total. The number of aromatic nitrogens is 2. The number of anilines is 1. The lowest BCUT2D eigenvalue weighted by atomic mass is 10.2. The minimum Gasteiger partial charge on any atom is -0.355 e. The van der Waals surface area contributed by atoms with Crippen molar-refractivity contribution in [3.63, 3.8) is 0 Å². The number of nitrogens with zero attached hydrogens (tertiary/aromatic N) is 3. The second-order valence-corrected chi connectivity index (χ2v) is 5.45. The summed E-state index contributed by atoms with van der Waals surface area (Å²) in [5.41, 5.74) is 1.95. The molecule has 1 aromatic heterocycles. The van der Waals surface area contributed by atoms with Gasteiger partial charge in [-0.15, -0.1) is 0 Å². The molecule has 0 aliphatic heterocycles. The SMILES string of the molecule is CCc1nc(Cl)c(C)c(N(C)Cc2ccccc2Cl)n1. The molecule has 0 saturated carbocycles. The average molecular weight is 310 g/mol. The zero-order chi connectivity index (χ0) is 14.7. The number of hydrogen-bond donors (Lipinski definition) is 0. The Kier molecular flexibility index (Phi) is 4.84. The fourth-order valence-corrected chi connectivity index (χ4v) is 2.38. The summed E-state index contributed by atoms with van der Waals surface area (Å²) in [4.78, 5) is 10.9. The third-order valence-electron chi connectivity index (χ3n) is 3.15. The number of halogens is 2. The normalized spacial score (nSPS) is 10.7. The molecule has 0 radical (unpaired) electrons. The molecule has 0 amide bonds. The van der Waals surface area contributed by atoms with E-state index in [1.54, 1.807) is 0 Å². The Balaban J connectivity index is 2.32. The Morgan fingerprint density at radius 3 is 2.50 bits per heavy atom. The summed E-state index contributed by atoms with van der Waals surface area (Å²) in [6.07, 6.45) is 0.757. The van der Waals surface area contributed by atoms with Crippen molar-refractivity contribution in [2.45, 2.75) is 26.8 Å². The minimum atomic E-state index is 0.512. The van der Waals surface area contributed by atoms with Gasteiger partial charge in [0.2, 0.25) is 0 Å². The predicted octanol–water partition coefficient (Wildman–Crippen LogP) is 4.29. The summed E-state index contributed by atoms with van der Waals surface area (Å²) in [6, 6.07) is 7.81. The van der Waals surface area contributed by atoms with Gasteiger partial charge in [0, 0.05) is 30.6 Å². The standard InChI is InChI=1S/C15H17Cl2N3/c1-4-13-18-14(17)10(2)15(19-13)20(3)9-11-7-5-6-8-12(11)16/h5-8H,4,9H2,1-3H3. The molecule has 0 fully saturated rings. The summed E-state index contributed by atoms with van der Waals surface area (Å²) < 4.78 is 0. The molecule has 0 N–H and O–H groups in total. The quantitative estimate of drug-likeness (QED) is 0.789. The maximum absolute atomic E-state index is 6.20. The van der Waals surface area contributed by atoms with Gasteiger partial charge in [-0.1, -0.05) is 48.3 Å². The maximum Gasteiger partial charge on any atom is 0.137 e. The van der Waals surface area contributed by atoms with Crippen molar-refractivity contribution in [2.24, 2.45) is 0 Å². The number of rotatable bonds is 4. The molecule has 0 aliphatic rings. The van der Waals surface area contributed by atoms with Gasteiger partial charge in [0.1, 0.15) is 16.8 Å². The minimum absolute atomic E-state index is 0.512. The number of benzene rings is 1. The predicted molar refractivity (Wildman–Crippen MR) is 84.7 cm³/mol. The summed E-state index contributed by atoms with van der Waals surface area (Å²) in [5, 5.41) is 1.27. The van der Waals surface area contributed by atoms with Gasteiger partial charge in [-0.05, 0) is 18.6 Å². The molecule has 2 aromatic rings. The molecule has 0 bridgehead atoms. The number of aryl methyl sites for hydroxylation is 1. The van der Waals surface area contributed by atoms with Crippen LogP contribution in [0.1, 0.15) is 23.9 Å². The molecule has 0 saturated heterocycles. The summed E-state index contributed by atoms with van der Waals surface area (Å²) >= 11 is 12.4. The molecule has 1 heterocycles. The Labute approximate surface area is 129 Å². The van der Waals surface area contributed by atoms with Crippen LogP contribution in [-0.2, 0) is 13.0 Å². The van der Waals surface area contributed by atoms with Crippen molar-refractivity contribution in [1.82, 2.24) is 9.97 Å². The Bertz CT molecular complexity index is 614. The van der Waals surface area contributed by atoms with Crippen molar-refractivity contribution in [1.29, 1.82) is 0 Å². The van der Waals surface area contributed by atoms with Gasteiger partial charge < -0.3 is 4.90 Å². The fraction of sp³-hybridized carbons (Fsp3) is 0.333. The van der Waals surface area contributed by atoms with Crippen molar-refractivity contribution in [3.05, 3.63) is 51.4 Å². The molecule has 1 aromatic carbocycles. The van der Waals surface area contributed by atoms with E-state index < -0.39 is 0 Å². The first-order valence-corrected chi connectivity index (χ1v) is 7.26. The van der Waals surface area contributed by atoms with Gasteiger partial charge in [-0.2, -0.15) is 0 Å². The third kappa shape index (κ3) is 3.22. The Morgan fingerprint density at radius 2 is 1.85 bits per heavy atom.